The molecular weight excluding hydrogens is 280 g/mol. The number of hydrogen-bond acceptors (Lipinski definition) is 4. The third-order valence-corrected chi connectivity index (χ3v) is 3.73. The van der Waals surface area contributed by atoms with Gasteiger partial charge in [0.2, 0.25) is 0 Å². The maximum absolute atomic E-state index is 11.9. The van der Waals surface area contributed by atoms with E-state index in [4.69, 9.17) is 9.47 Å². The van der Waals surface area contributed by atoms with Crippen molar-refractivity contribution in [3.63, 3.8) is 0 Å². The number of methoxy groups -OCH3 is 2. The van der Waals surface area contributed by atoms with Gasteiger partial charge in [-0.25, -0.2) is 9.78 Å². The van der Waals surface area contributed by atoms with E-state index < -0.39 is 0 Å². The van der Waals surface area contributed by atoms with Gasteiger partial charge in [-0.15, -0.1) is 0 Å². The van der Waals surface area contributed by atoms with Crippen LogP contribution in [0.25, 0.3) is 11.0 Å². The van der Waals surface area contributed by atoms with Crippen LogP contribution in [-0.4, -0.2) is 30.2 Å². The summed E-state index contributed by atoms with van der Waals surface area (Å²) in [6, 6.07) is 3.45. The first kappa shape index (κ1) is 16.3. The maximum Gasteiger partial charge on any atom is 0.340 e. The van der Waals surface area contributed by atoms with Gasteiger partial charge in [0.25, 0.3) is 0 Å². The van der Waals surface area contributed by atoms with Crippen LogP contribution in [0.5, 0.6) is 5.75 Å². The van der Waals surface area contributed by atoms with Gasteiger partial charge in [-0.05, 0) is 24.5 Å². The number of ether oxygens (including phenoxy) is 2. The Labute approximate surface area is 131 Å². The highest BCUT2D eigenvalue weighted by Crippen LogP contribution is 2.27. The van der Waals surface area contributed by atoms with Crippen molar-refractivity contribution in [1.82, 2.24) is 9.97 Å². The van der Waals surface area contributed by atoms with Crippen molar-refractivity contribution in [2.45, 2.75) is 39.5 Å². The Balaban J connectivity index is 2.25. The predicted octanol–water partition coefficient (Wildman–Crippen LogP) is 3.73. The molecule has 5 nitrogen and oxygen atoms in total. The van der Waals surface area contributed by atoms with Crippen LogP contribution in [0.1, 0.15) is 49.3 Å². The molecule has 5 heteroatoms. The highest BCUT2D eigenvalue weighted by atomic mass is 16.5. The van der Waals surface area contributed by atoms with E-state index in [-0.39, 0.29) is 5.97 Å². The second-order valence-corrected chi connectivity index (χ2v) is 5.85. The van der Waals surface area contributed by atoms with Crippen molar-refractivity contribution in [2.24, 2.45) is 5.92 Å². The maximum atomic E-state index is 11.9. The van der Waals surface area contributed by atoms with Crippen molar-refractivity contribution in [3.8, 4) is 5.75 Å². The summed E-state index contributed by atoms with van der Waals surface area (Å²) in [5.41, 5.74) is 1.83. The number of nitrogens with one attached hydrogen (secondary N) is 1. The summed E-state index contributed by atoms with van der Waals surface area (Å²) >= 11 is 0. The lowest BCUT2D eigenvalue weighted by molar-refractivity contribution is 0.0603. The lowest BCUT2D eigenvalue weighted by Crippen LogP contribution is -2.02. The van der Waals surface area contributed by atoms with E-state index in [1.165, 1.54) is 20.0 Å². The number of aromatic amines is 1. The number of benzene rings is 1. The van der Waals surface area contributed by atoms with Crippen LogP contribution >= 0.6 is 0 Å². The topological polar surface area (TPSA) is 64.2 Å². The molecule has 0 aliphatic carbocycles. The lowest BCUT2D eigenvalue weighted by atomic mass is 10.1. The van der Waals surface area contributed by atoms with E-state index in [2.05, 4.69) is 23.8 Å². The Kier molecular flexibility index (Phi) is 5.41. The number of rotatable bonds is 7. The Morgan fingerprint density at radius 2 is 2.05 bits per heavy atom. The van der Waals surface area contributed by atoms with E-state index >= 15 is 0 Å². The molecule has 0 aliphatic rings. The summed E-state index contributed by atoms with van der Waals surface area (Å²) in [6.07, 6.45) is 4.34. The van der Waals surface area contributed by atoms with E-state index in [9.17, 15) is 4.79 Å². The van der Waals surface area contributed by atoms with Gasteiger partial charge < -0.3 is 14.5 Å². The third kappa shape index (κ3) is 3.59. The average molecular weight is 304 g/mol. The van der Waals surface area contributed by atoms with E-state index in [1.54, 1.807) is 19.2 Å². The van der Waals surface area contributed by atoms with Crippen LogP contribution in [0.2, 0.25) is 0 Å². The van der Waals surface area contributed by atoms with Crippen LogP contribution in [0.4, 0.5) is 0 Å². The molecule has 1 heterocycles. The Bertz CT molecular complexity index is 647. The van der Waals surface area contributed by atoms with E-state index in [0.717, 1.165) is 30.1 Å². The van der Waals surface area contributed by atoms with Crippen molar-refractivity contribution >= 4 is 17.0 Å². The van der Waals surface area contributed by atoms with E-state index in [1.807, 2.05) is 0 Å². The molecule has 120 valence electrons. The number of unbranched alkanes of at least 4 members (excludes halogenated alkanes) is 1. The van der Waals surface area contributed by atoms with Crippen molar-refractivity contribution in [1.29, 1.82) is 0 Å². The first-order valence-electron chi connectivity index (χ1n) is 7.70. The predicted molar refractivity (Wildman–Crippen MR) is 86.4 cm³/mol. The normalized spacial score (nSPS) is 11.1. The molecule has 0 saturated heterocycles. The van der Waals surface area contributed by atoms with Gasteiger partial charge >= 0.3 is 5.97 Å². The number of fused-ring (bicyclic) bond motifs is 1. The summed E-state index contributed by atoms with van der Waals surface area (Å²) in [6.45, 7) is 4.46. The summed E-state index contributed by atoms with van der Waals surface area (Å²) in [7, 11) is 2.98. The molecule has 2 aromatic rings. The number of nitrogens with zero attached hydrogens (tertiary/aromatic N) is 1. The average Bonchev–Trinajstić information content (AvgIpc) is 2.93. The molecule has 0 aliphatic heterocycles. The van der Waals surface area contributed by atoms with Gasteiger partial charge in [-0.3, -0.25) is 0 Å². The molecule has 0 unspecified atom stereocenters. The Morgan fingerprint density at radius 3 is 2.68 bits per heavy atom. The van der Waals surface area contributed by atoms with Crippen LogP contribution in [0, 0.1) is 5.92 Å². The third-order valence-electron chi connectivity index (χ3n) is 3.73. The smallest absolute Gasteiger partial charge is 0.340 e. The highest BCUT2D eigenvalue weighted by molar-refractivity contribution is 6.03. The molecule has 0 amide bonds. The fraction of sp³-hybridized carbons (Fsp3) is 0.529. The number of hydrogen-bond donors (Lipinski definition) is 1. The molecule has 0 saturated carbocycles. The molecule has 0 spiro atoms. The molecule has 0 bridgehead atoms. The summed E-state index contributed by atoms with van der Waals surface area (Å²) in [4.78, 5) is 19.7. The fourth-order valence-corrected chi connectivity index (χ4v) is 2.52. The minimum absolute atomic E-state index is 0.384. The number of imidazole rings is 1. The van der Waals surface area contributed by atoms with Crippen molar-refractivity contribution < 1.29 is 14.3 Å². The van der Waals surface area contributed by atoms with Gasteiger partial charge in [0.1, 0.15) is 22.6 Å². The first-order valence-corrected chi connectivity index (χ1v) is 7.70. The Morgan fingerprint density at radius 1 is 1.27 bits per heavy atom. The zero-order valence-corrected chi connectivity index (χ0v) is 13.7. The number of aryl methyl sites for hydroxylation is 1. The zero-order chi connectivity index (χ0) is 16.1. The van der Waals surface area contributed by atoms with Crippen LogP contribution in [0.15, 0.2) is 12.1 Å². The van der Waals surface area contributed by atoms with Crippen LogP contribution in [0.3, 0.4) is 0 Å². The van der Waals surface area contributed by atoms with Gasteiger partial charge in [-0.1, -0.05) is 26.7 Å². The minimum atomic E-state index is -0.384. The van der Waals surface area contributed by atoms with E-state index in [0.29, 0.717) is 16.8 Å². The standard InChI is InChI=1S/C17H24N2O3/c1-11(2)7-5-6-8-14-18-15-12(17(20)22-4)9-10-13(21-3)16(15)19-14/h9-11H,5-8H2,1-4H3,(H,18,19). The SMILES string of the molecule is COC(=O)c1ccc(OC)c2[nH]c(CCCCC(C)C)nc12. The van der Waals surface area contributed by atoms with Crippen molar-refractivity contribution in [3.05, 3.63) is 23.5 Å². The lowest BCUT2D eigenvalue weighted by Gasteiger charge is -2.04. The molecule has 1 aromatic heterocycles. The van der Waals surface area contributed by atoms with Gasteiger partial charge in [-0.2, -0.15) is 0 Å². The minimum Gasteiger partial charge on any atom is -0.494 e. The molecule has 0 radical (unpaired) electrons. The number of carbonyl (C=O) groups excluding carboxylic acids is 1. The second kappa shape index (κ2) is 7.29. The summed E-state index contributed by atoms with van der Waals surface area (Å²) in [5, 5.41) is 0. The monoisotopic (exact) mass is 304 g/mol. The van der Waals surface area contributed by atoms with Gasteiger partial charge in [0, 0.05) is 6.42 Å². The molecule has 0 fully saturated rings. The van der Waals surface area contributed by atoms with Crippen LogP contribution < -0.4 is 4.74 Å². The first-order chi connectivity index (χ1) is 10.6. The Hall–Kier alpha value is -2.04. The number of carbonyl (C=O) groups is 1. The molecule has 0 atom stereocenters. The number of esters is 1. The summed E-state index contributed by atoms with van der Waals surface area (Å²) in [5.74, 6) is 1.91. The molecule has 1 N–H and O–H groups in total. The second-order valence-electron chi connectivity index (χ2n) is 5.85. The van der Waals surface area contributed by atoms with Crippen molar-refractivity contribution in [2.75, 3.05) is 14.2 Å². The van der Waals surface area contributed by atoms with Crippen LogP contribution in [-0.2, 0) is 11.2 Å². The molecular formula is C17H24N2O3. The number of aromatic nitrogens is 2. The quantitative estimate of drug-likeness (QED) is 0.625. The molecule has 1 aromatic carbocycles. The molecule has 22 heavy (non-hydrogen) atoms. The highest BCUT2D eigenvalue weighted by Gasteiger charge is 2.17. The zero-order valence-electron chi connectivity index (χ0n) is 13.7. The molecule has 2 rings (SSSR count). The largest absolute Gasteiger partial charge is 0.494 e. The summed E-state index contributed by atoms with van der Waals surface area (Å²) < 4.78 is 10.2. The van der Waals surface area contributed by atoms with Gasteiger partial charge in [0.05, 0.1) is 19.8 Å². The number of H-pyrrole nitrogens is 1. The van der Waals surface area contributed by atoms with Gasteiger partial charge in [0.15, 0.2) is 0 Å². The fourth-order valence-electron chi connectivity index (χ4n) is 2.52.